The Balaban J connectivity index is 1.31. The second kappa shape index (κ2) is 8.81. The second-order valence-electron chi connectivity index (χ2n) is 8.43. The number of hydrogen-bond donors (Lipinski definition) is 1. The van der Waals surface area contributed by atoms with Crippen LogP contribution in [0.3, 0.4) is 0 Å². The Hall–Kier alpha value is -2.09. The Labute approximate surface area is 195 Å². The maximum Gasteiger partial charge on any atom is 0.261 e. The average molecular weight is 497 g/mol. The van der Waals surface area contributed by atoms with Gasteiger partial charge in [0.15, 0.2) is 0 Å². The first-order valence-electron chi connectivity index (χ1n) is 10.7. The number of nitrogens with zero attached hydrogens (tertiary/aromatic N) is 3. The molecule has 0 saturated carbocycles. The number of carbonyl (C=O) groups excluding carboxylic acids is 1. The largest absolute Gasteiger partial charge is 0.350 e. The summed E-state index contributed by atoms with van der Waals surface area (Å²) in [5, 5.41) is 5.08. The van der Waals surface area contributed by atoms with Crippen LogP contribution in [0.15, 0.2) is 52.3 Å². The highest BCUT2D eigenvalue weighted by Crippen LogP contribution is 2.42. The number of carbonyl (C=O) groups is 1. The van der Waals surface area contributed by atoms with Crippen LogP contribution in [-0.2, 0) is 0 Å². The van der Waals surface area contributed by atoms with E-state index in [-0.39, 0.29) is 5.91 Å². The Kier molecular flexibility index (Phi) is 5.91. The van der Waals surface area contributed by atoms with Gasteiger partial charge in [0.25, 0.3) is 5.91 Å². The fraction of sp³-hybridized carbons (Fsp3) is 0.375. The summed E-state index contributed by atoms with van der Waals surface area (Å²) >= 11 is 5.15. The van der Waals surface area contributed by atoms with Gasteiger partial charge in [-0.1, -0.05) is 40.2 Å². The van der Waals surface area contributed by atoms with Crippen molar-refractivity contribution in [3.63, 3.8) is 0 Å². The summed E-state index contributed by atoms with van der Waals surface area (Å²) in [5.41, 5.74) is 3.23. The van der Waals surface area contributed by atoms with E-state index in [4.69, 9.17) is 9.97 Å². The molecule has 4 atom stereocenters. The molecule has 7 heteroatoms. The molecule has 5 nitrogen and oxygen atoms in total. The van der Waals surface area contributed by atoms with Crippen molar-refractivity contribution in [3.8, 4) is 11.3 Å². The number of thiophene rings is 1. The molecule has 5 heterocycles. The zero-order chi connectivity index (χ0) is 21.4. The summed E-state index contributed by atoms with van der Waals surface area (Å²) in [6.07, 6.45) is 2.29. The van der Waals surface area contributed by atoms with E-state index in [1.807, 2.05) is 36.6 Å². The fourth-order valence-corrected chi connectivity index (χ4v) is 6.11. The Morgan fingerprint density at radius 2 is 2.13 bits per heavy atom. The lowest BCUT2D eigenvalue weighted by Gasteiger charge is -2.49. The number of halogens is 1. The van der Waals surface area contributed by atoms with Gasteiger partial charge in [0.2, 0.25) is 0 Å². The van der Waals surface area contributed by atoms with Gasteiger partial charge in [0.05, 0.1) is 10.6 Å². The molecule has 2 aromatic heterocycles. The van der Waals surface area contributed by atoms with Gasteiger partial charge in [-0.15, -0.1) is 11.3 Å². The third kappa shape index (κ3) is 4.31. The number of benzene rings is 1. The van der Waals surface area contributed by atoms with Crippen LogP contribution in [0, 0.1) is 12.8 Å². The highest BCUT2D eigenvalue weighted by Gasteiger charge is 2.41. The Morgan fingerprint density at radius 1 is 1.26 bits per heavy atom. The molecule has 6 rings (SSSR count). The number of rotatable bonds is 5. The van der Waals surface area contributed by atoms with Crippen molar-refractivity contribution in [1.29, 1.82) is 0 Å². The van der Waals surface area contributed by atoms with Crippen LogP contribution in [0.5, 0.6) is 0 Å². The maximum absolute atomic E-state index is 12.3. The molecule has 0 radical (unpaired) electrons. The molecule has 3 aliphatic heterocycles. The summed E-state index contributed by atoms with van der Waals surface area (Å²) < 4.78 is 1.05. The SMILES string of the molecule is Cc1nc(-c2ccccc2Br)cc([C@@H]2CN3CC[C@H]2C[C@@H]3CNC(=O)c2cccs2)n1. The standard InChI is InChI=1S/C24H25BrN4OS/c1-15-27-21(18-5-2-3-6-20(18)25)12-22(28-15)19-14-29-9-8-16(19)11-17(29)13-26-24(30)23-7-4-10-31-23/h2-7,10,12,16-17,19H,8-9,11,13-14H2,1H3,(H,26,30)/t16-,17+,19+/m0/s1. The van der Waals surface area contributed by atoms with E-state index in [0.29, 0.717) is 24.4 Å². The van der Waals surface area contributed by atoms with E-state index in [2.05, 4.69) is 44.3 Å². The zero-order valence-corrected chi connectivity index (χ0v) is 19.8. The minimum absolute atomic E-state index is 0.0405. The smallest absolute Gasteiger partial charge is 0.261 e. The lowest BCUT2D eigenvalue weighted by Crippen LogP contribution is -2.56. The topological polar surface area (TPSA) is 58.1 Å². The van der Waals surface area contributed by atoms with E-state index in [1.54, 1.807) is 0 Å². The van der Waals surface area contributed by atoms with Crippen molar-refractivity contribution in [2.75, 3.05) is 19.6 Å². The van der Waals surface area contributed by atoms with Crippen LogP contribution >= 0.6 is 27.3 Å². The lowest BCUT2D eigenvalue weighted by atomic mass is 9.74. The molecule has 3 aromatic rings. The molecule has 3 fully saturated rings. The van der Waals surface area contributed by atoms with Crippen molar-refractivity contribution in [2.24, 2.45) is 5.92 Å². The second-order valence-corrected chi connectivity index (χ2v) is 10.2. The molecule has 1 amide bonds. The summed E-state index contributed by atoms with van der Waals surface area (Å²) in [4.78, 5) is 25.2. The van der Waals surface area contributed by atoms with Crippen LogP contribution in [0.1, 0.15) is 39.9 Å². The van der Waals surface area contributed by atoms with Crippen LogP contribution < -0.4 is 5.32 Å². The van der Waals surface area contributed by atoms with E-state index in [9.17, 15) is 4.79 Å². The number of aryl methyl sites for hydroxylation is 1. The number of hydrogen-bond acceptors (Lipinski definition) is 5. The zero-order valence-electron chi connectivity index (χ0n) is 17.4. The van der Waals surface area contributed by atoms with Gasteiger partial charge in [0.1, 0.15) is 5.82 Å². The van der Waals surface area contributed by atoms with Crippen LogP contribution in [-0.4, -0.2) is 46.5 Å². The number of aromatic nitrogens is 2. The first-order chi connectivity index (χ1) is 15.1. The summed E-state index contributed by atoms with van der Waals surface area (Å²) in [6, 6.07) is 14.6. The third-order valence-corrected chi connectivity index (χ3v) is 8.07. The van der Waals surface area contributed by atoms with Crippen LogP contribution in [0.2, 0.25) is 0 Å². The molecule has 3 aliphatic rings. The minimum atomic E-state index is 0.0405. The van der Waals surface area contributed by atoms with Crippen molar-refractivity contribution < 1.29 is 4.79 Å². The van der Waals surface area contributed by atoms with Gasteiger partial charge < -0.3 is 5.32 Å². The van der Waals surface area contributed by atoms with E-state index >= 15 is 0 Å². The van der Waals surface area contributed by atoms with Crippen LogP contribution in [0.4, 0.5) is 0 Å². The van der Waals surface area contributed by atoms with Crippen molar-refractivity contribution in [3.05, 3.63) is 68.7 Å². The molecule has 1 aromatic carbocycles. The number of fused-ring (bicyclic) bond motifs is 3. The molecular weight excluding hydrogens is 472 g/mol. The van der Waals surface area contributed by atoms with E-state index in [0.717, 1.165) is 51.6 Å². The summed E-state index contributed by atoms with van der Waals surface area (Å²) in [7, 11) is 0. The number of piperidine rings is 3. The summed E-state index contributed by atoms with van der Waals surface area (Å²) in [5.74, 6) is 1.87. The summed E-state index contributed by atoms with van der Waals surface area (Å²) in [6.45, 7) is 4.79. The molecule has 1 N–H and O–H groups in total. The predicted octanol–water partition coefficient (Wildman–Crippen LogP) is 4.88. The van der Waals surface area contributed by atoms with Crippen molar-refractivity contribution in [1.82, 2.24) is 20.2 Å². The molecular formula is C24H25BrN4OS. The predicted molar refractivity (Wildman–Crippen MR) is 127 cm³/mol. The normalized spacial score (nSPS) is 24.8. The molecule has 3 saturated heterocycles. The van der Waals surface area contributed by atoms with Gasteiger partial charge in [-0.2, -0.15) is 0 Å². The first-order valence-corrected chi connectivity index (χ1v) is 12.4. The molecule has 31 heavy (non-hydrogen) atoms. The quantitative estimate of drug-likeness (QED) is 0.546. The van der Waals surface area contributed by atoms with Crippen molar-refractivity contribution >= 4 is 33.2 Å². The number of nitrogens with one attached hydrogen (secondary N) is 1. The van der Waals surface area contributed by atoms with Gasteiger partial charge in [0, 0.05) is 40.8 Å². The maximum atomic E-state index is 12.3. The molecule has 2 bridgehead atoms. The highest BCUT2D eigenvalue weighted by atomic mass is 79.9. The molecule has 0 spiro atoms. The van der Waals surface area contributed by atoms with E-state index in [1.165, 1.54) is 17.8 Å². The van der Waals surface area contributed by atoms with E-state index < -0.39 is 0 Å². The number of amides is 1. The van der Waals surface area contributed by atoms with Gasteiger partial charge in [-0.3, -0.25) is 9.69 Å². The Bertz CT molecular complexity index is 1090. The highest BCUT2D eigenvalue weighted by molar-refractivity contribution is 9.10. The molecule has 1 unspecified atom stereocenters. The molecule has 0 aliphatic carbocycles. The molecule has 160 valence electrons. The lowest BCUT2D eigenvalue weighted by molar-refractivity contribution is 0.0290. The van der Waals surface area contributed by atoms with Crippen LogP contribution in [0.25, 0.3) is 11.3 Å². The van der Waals surface area contributed by atoms with Crippen molar-refractivity contribution in [2.45, 2.75) is 31.7 Å². The first kappa shape index (κ1) is 20.8. The van der Waals surface area contributed by atoms with Gasteiger partial charge >= 0.3 is 0 Å². The third-order valence-electron chi connectivity index (χ3n) is 6.51. The fourth-order valence-electron chi connectivity index (χ4n) is 4.98. The van der Waals surface area contributed by atoms with Gasteiger partial charge in [-0.05, 0) is 55.8 Å². The van der Waals surface area contributed by atoms with Gasteiger partial charge in [-0.25, -0.2) is 9.97 Å². The average Bonchev–Trinajstić information content (AvgIpc) is 3.33. The monoisotopic (exact) mass is 496 g/mol. The Morgan fingerprint density at radius 3 is 2.87 bits per heavy atom. The minimum Gasteiger partial charge on any atom is -0.350 e.